The maximum atomic E-state index is 12.4. The maximum Gasteiger partial charge on any atom is 0.315 e. The molecule has 0 fully saturated rings. The Morgan fingerprint density at radius 2 is 1.74 bits per heavy atom. The van der Waals surface area contributed by atoms with Crippen LogP contribution in [0.1, 0.15) is 47.6 Å². The molecule has 0 saturated heterocycles. The third-order valence-corrected chi connectivity index (χ3v) is 6.71. The van der Waals surface area contributed by atoms with E-state index in [2.05, 4.69) is 11.4 Å². The quantitative estimate of drug-likeness (QED) is 0.249. The van der Waals surface area contributed by atoms with E-state index in [1.54, 1.807) is 21.1 Å². The molecule has 4 rings (SSSR count). The fraction of sp³-hybridized carbons (Fsp3) is 0.355. The molecule has 3 aromatic rings. The van der Waals surface area contributed by atoms with Gasteiger partial charge in [0.1, 0.15) is 29.4 Å². The smallest absolute Gasteiger partial charge is 0.315 e. The summed E-state index contributed by atoms with van der Waals surface area (Å²) >= 11 is 0. The van der Waals surface area contributed by atoms with Crippen LogP contribution >= 0.6 is 0 Å². The van der Waals surface area contributed by atoms with Gasteiger partial charge in [0, 0.05) is 11.3 Å². The lowest BCUT2D eigenvalue weighted by Gasteiger charge is -2.18. The summed E-state index contributed by atoms with van der Waals surface area (Å²) in [6.07, 6.45) is 4.01. The minimum absolute atomic E-state index is 0.251. The van der Waals surface area contributed by atoms with Gasteiger partial charge in [0.2, 0.25) is 5.91 Å². The Morgan fingerprint density at radius 3 is 2.50 bits per heavy atom. The fourth-order valence-corrected chi connectivity index (χ4v) is 4.93. The molecule has 7 nitrogen and oxygen atoms in total. The zero-order valence-electron chi connectivity index (χ0n) is 22.5. The standard InChI is InChI=1S/C31H35NO6/c1-5-37-30(34)19-29(33)32-27-16-20(2)31(26-11-7-10-25(26)27)38-24-14-15-28(36-4)22(18-24)13-12-21-8-6-9-23(17-21)35-3/h6,8-9,14-18H,5,7,10-13,19H2,1-4H3,(H,32,33). The fourth-order valence-electron chi connectivity index (χ4n) is 4.93. The summed E-state index contributed by atoms with van der Waals surface area (Å²) in [5.41, 5.74) is 6.08. The van der Waals surface area contributed by atoms with Crippen molar-refractivity contribution in [1.82, 2.24) is 0 Å². The van der Waals surface area contributed by atoms with Crippen molar-refractivity contribution >= 4 is 17.6 Å². The third kappa shape index (κ3) is 6.46. The topological polar surface area (TPSA) is 83.1 Å². The number of rotatable bonds is 11. The maximum absolute atomic E-state index is 12.4. The second-order valence-electron chi connectivity index (χ2n) is 9.34. The first-order valence-corrected chi connectivity index (χ1v) is 13.0. The van der Waals surface area contributed by atoms with Crippen LogP contribution in [0.2, 0.25) is 0 Å². The molecule has 3 aromatic carbocycles. The number of benzene rings is 3. The van der Waals surface area contributed by atoms with Crippen LogP contribution in [-0.2, 0) is 40.0 Å². The zero-order valence-corrected chi connectivity index (χ0v) is 22.5. The Kier molecular flexibility index (Phi) is 8.89. The minimum Gasteiger partial charge on any atom is -0.497 e. The Hall–Kier alpha value is -4.00. The Labute approximate surface area is 224 Å². The van der Waals surface area contributed by atoms with E-state index in [9.17, 15) is 9.59 Å². The van der Waals surface area contributed by atoms with Crippen molar-refractivity contribution in [3.8, 4) is 23.0 Å². The highest BCUT2D eigenvalue weighted by atomic mass is 16.5. The van der Waals surface area contributed by atoms with Gasteiger partial charge in [-0.3, -0.25) is 9.59 Å². The molecule has 0 heterocycles. The average Bonchev–Trinajstić information content (AvgIpc) is 3.40. The number of amides is 1. The first-order chi connectivity index (χ1) is 18.4. The molecule has 0 spiro atoms. The van der Waals surface area contributed by atoms with Crippen molar-refractivity contribution in [3.05, 3.63) is 76.3 Å². The minimum atomic E-state index is -0.528. The van der Waals surface area contributed by atoms with E-state index in [1.165, 1.54) is 5.56 Å². The second kappa shape index (κ2) is 12.5. The van der Waals surface area contributed by atoms with Crippen molar-refractivity contribution in [3.63, 3.8) is 0 Å². The number of esters is 1. The van der Waals surface area contributed by atoms with Gasteiger partial charge in [-0.1, -0.05) is 12.1 Å². The molecule has 0 aliphatic heterocycles. The van der Waals surface area contributed by atoms with Gasteiger partial charge in [0.15, 0.2) is 0 Å². The van der Waals surface area contributed by atoms with Gasteiger partial charge in [0.25, 0.3) is 0 Å². The number of aryl methyl sites for hydroxylation is 3. The van der Waals surface area contributed by atoms with Crippen LogP contribution < -0.4 is 19.5 Å². The van der Waals surface area contributed by atoms with E-state index < -0.39 is 5.97 Å². The number of ether oxygens (including phenoxy) is 4. The molecule has 1 amide bonds. The molecule has 1 N–H and O–H groups in total. The lowest BCUT2D eigenvalue weighted by Crippen LogP contribution is -2.19. The summed E-state index contributed by atoms with van der Waals surface area (Å²) in [4.78, 5) is 24.1. The highest BCUT2D eigenvalue weighted by Gasteiger charge is 2.24. The number of anilines is 1. The van der Waals surface area contributed by atoms with Crippen LogP contribution in [0.25, 0.3) is 0 Å². The van der Waals surface area contributed by atoms with E-state index >= 15 is 0 Å². The lowest BCUT2D eigenvalue weighted by atomic mass is 10.0. The number of carbonyl (C=O) groups excluding carboxylic acids is 2. The molecule has 1 aliphatic rings. The van der Waals surface area contributed by atoms with Gasteiger partial charge >= 0.3 is 5.97 Å². The van der Waals surface area contributed by atoms with Crippen LogP contribution in [0.15, 0.2) is 48.5 Å². The largest absolute Gasteiger partial charge is 0.497 e. The van der Waals surface area contributed by atoms with E-state index in [1.807, 2.05) is 49.4 Å². The molecule has 0 radical (unpaired) electrons. The summed E-state index contributed by atoms with van der Waals surface area (Å²) in [7, 11) is 3.35. The van der Waals surface area contributed by atoms with E-state index in [4.69, 9.17) is 18.9 Å². The van der Waals surface area contributed by atoms with Gasteiger partial charge < -0.3 is 24.3 Å². The van der Waals surface area contributed by atoms with Crippen LogP contribution in [0.5, 0.6) is 23.0 Å². The SMILES string of the molecule is CCOC(=O)CC(=O)Nc1cc(C)c(Oc2ccc(OC)c(CCc3cccc(OC)c3)c2)c2c1CCC2. The third-order valence-electron chi connectivity index (χ3n) is 6.71. The summed E-state index contributed by atoms with van der Waals surface area (Å²) in [5, 5.41) is 2.91. The molecule has 200 valence electrons. The number of hydrogen-bond donors (Lipinski definition) is 1. The van der Waals surface area contributed by atoms with Crippen molar-refractivity contribution in [2.45, 2.75) is 52.4 Å². The van der Waals surface area contributed by atoms with Gasteiger partial charge in [-0.05, 0) is 105 Å². The Morgan fingerprint density at radius 1 is 0.921 bits per heavy atom. The second-order valence-corrected chi connectivity index (χ2v) is 9.34. The van der Waals surface area contributed by atoms with Crippen LogP contribution in [-0.4, -0.2) is 32.7 Å². The van der Waals surface area contributed by atoms with Crippen molar-refractivity contribution in [2.75, 3.05) is 26.1 Å². The summed E-state index contributed by atoms with van der Waals surface area (Å²) in [6, 6.07) is 15.9. The van der Waals surface area contributed by atoms with E-state index in [-0.39, 0.29) is 18.9 Å². The van der Waals surface area contributed by atoms with Gasteiger partial charge in [-0.2, -0.15) is 0 Å². The van der Waals surface area contributed by atoms with Crippen LogP contribution in [0, 0.1) is 6.92 Å². The van der Waals surface area contributed by atoms with Crippen molar-refractivity contribution in [1.29, 1.82) is 0 Å². The number of hydrogen-bond acceptors (Lipinski definition) is 6. The molecule has 38 heavy (non-hydrogen) atoms. The number of carbonyl (C=O) groups is 2. The molecular formula is C31H35NO6. The Balaban J connectivity index is 1.54. The van der Waals surface area contributed by atoms with E-state index in [0.717, 1.165) is 83.0 Å². The van der Waals surface area contributed by atoms with Crippen molar-refractivity contribution < 1.29 is 28.5 Å². The number of nitrogens with one attached hydrogen (secondary N) is 1. The summed E-state index contributed by atoms with van der Waals surface area (Å²) in [6.45, 7) is 3.94. The molecule has 0 saturated carbocycles. The first-order valence-electron chi connectivity index (χ1n) is 13.0. The van der Waals surface area contributed by atoms with Crippen molar-refractivity contribution in [2.24, 2.45) is 0 Å². The number of methoxy groups -OCH3 is 2. The predicted octanol–water partition coefficient (Wildman–Crippen LogP) is 5.97. The first kappa shape index (κ1) is 27.0. The molecule has 0 bridgehead atoms. The molecule has 0 atom stereocenters. The Bertz CT molecular complexity index is 1320. The molecule has 7 heteroatoms. The zero-order chi connectivity index (χ0) is 27.1. The highest BCUT2D eigenvalue weighted by Crippen LogP contribution is 2.41. The van der Waals surface area contributed by atoms with Gasteiger partial charge in [0.05, 0.1) is 20.8 Å². The number of fused-ring (bicyclic) bond motifs is 1. The molecule has 0 aromatic heterocycles. The molecule has 1 aliphatic carbocycles. The van der Waals surface area contributed by atoms with Crippen LogP contribution in [0.4, 0.5) is 5.69 Å². The predicted molar refractivity (Wildman–Crippen MR) is 147 cm³/mol. The van der Waals surface area contributed by atoms with Gasteiger partial charge in [-0.25, -0.2) is 0 Å². The van der Waals surface area contributed by atoms with E-state index in [0.29, 0.717) is 0 Å². The average molecular weight is 518 g/mol. The van der Waals surface area contributed by atoms with Crippen LogP contribution in [0.3, 0.4) is 0 Å². The lowest BCUT2D eigenvalue weighted by molar-refractivity contribution is -0.145. The molecule has 0 unspecified atom stereocenters. The normalized spacial score (nSPS) is 12.0. The molecular weight excluding hydrogens is 482 g/mol. The highest BCUT2D eigenvalue weighted by molar-refractivity contribution is 6.02. The monoisotopic (exact) mass is 517 g/mol. The van der Waals surface area contributed by atoms with Gasteiger partial charge in [-0.15, -0.1) is 0 Å². The summed E-state index contributed by atoms with van der Waals surface area (Å²) in [5.74, 6) is 2.33. The summed E-state index contributed by atoms with van der Waals surface area (Å²) < 4.78 is 22.3.